The molecule has 2 rings (SSSR count). The Hall–Kier alpha value is -3.79. The van der Waals surface area contributed by atoms with E-state index >= 15 is 0 Å². The molecule has 1 unspecified atom stereocenters. The van der Waals surface area contributed by atoms with Crippen LogP contribution in [0.3, 0.4) is 0 Å². The third-order valence-corrected chi connectivity index (χ3v) is 4.89. The maximum Gasteiger partial charge on any atom is 0.406 e. The molecule has 0 heterocycles. The van der Waals surface area contributed by atoms with Crippen LogP contribution in [0.5, 0.6) is 0 Å². The Kier molecular flexibility index (Phi) is 9.79. The van der Waals surface area contributed by atoms with Gasteiger partial charge in [-0.2, -0.15) is 0 Å². The minimum absolute atomic E-state index is 0.174. The van der Waals surface area contributed by atoms with Gasteiger partial charge in [0.1, 0.15) is 0 Å². The highest BCUT2D eigenvalue weighted by Crippen LogP contribution is 2.27. The van der Waals surface area contributed by atoms with Gasteiger partial charge in [-0.05, 0) is 48.4 Å². The predicted molar refractivity (Wildman–Crippen MR) is 122 cm³/mol. The molecule has 7 heteroatoms. The molecular formula is C25H28N2O5. The molecule has 2 amide bonds. The van der Waals surface area contributed by atoms with Crippen molar-refractivity contribution in [3.05, 3.63) is 65.7 Å². The second kappa shape index (κ2) is 12.8. The van der Waals surface area contributed by atoms with E-state index in [0.29, 0.717) is 31.8 Å². The van der Waals surface area contributed by atoms with Gasteiger partial charge in [-0.1, -0.05) is 42.5 Å². The lowest BCUT2D eigenvalue weighted by Crippen LogP contribution is -2.29. The van der Waals surface area contributed by atoms with Crippen molar-refractivity contribution in [2.75, 3.05) is 25.2 Å². The Morgan fingerprint density at radius 1 is 1.09 bits per heavy atom. The number of carbonyl (C=O) groups is 3. The van der Waals surface area contributed by atoms with E-state index in [9.17, 15) is 14.4 Å². The average Bonchev–Trinajstić information content (AvgIpc) is 2.82. The number of carbonyl (C=O) groups excluding carboxylic acids is 3. The maximum absolute atomic E-state index is 12.4. The molecule has 1 atom stereocenters. The van der Waals surface area contributed by atoms with Gasteiger partial charge in [-0.15, -0.1) is 6.42 Å². The van der Waals surface area contributed by atoms with Crippen LogP contribution in [0.25, 0.3) is 0 Å². The number of benzene rings is 2. The Morgan fingerprint density at radius 3 is 2.38 bits per heavy atom. The molecule has 0 saturated heterocycles. The quantitative estimate of drug-likeness (QED) is 0.454. The normalized spacial score (nSPS) is 11.0. The van der Waals surface area contributed by atoms with Gasteiger partial charge in [0.15, 0.2) is 0 Å². The van der Waals surface area contributed by atoms with Crippen LogP contribution in [0, 0.1) is 12.3 Å². The molecule has 0 aliphatic heterocycles. The monoisotopic (exact) mass is 436 g/mol. The predicted octanol–water partition coefficient (Wildman–Crippen LogP) is 3.64. The first kappa shape index (κ1) is 24.5. The fourth-order valence-electron chi connectivity index (χ4n) is 3.28. The summed E-state index contributed by atoms with van der Waals surface area (Å²) in [6.45, 7) is 2.74. The summed E-state index contributed by atoms with van der Waals surface area (Å²) < 4.78 is 9.68. The first-order chi connectivity index (χ1) is 15.5. The van der Waals surface area contributed by atoms with E-state index in [4.69, 9.17) is 11.2 Å². The lowest BCUT2D eigenvalue weighted by atomic mass is 9.92. The fourth-order valence-corrected chi connectivity index (χ4v) is 3.28. The number of nitrogens with zero attached hydrogens (tertiary/aromatic N) is 1. The summed E-state index contributed by atoms with van der Waals surface area (Å²) in [5.74, 6) is 1.25. The lowest BCUT2D eigenvalue weighted by molar-refractivity contribution is -0.143. The van der Waals surface area contributed by atoms with Crippen molar-refractivity contribution in [2.24, 2.45) is 0 Å². The highest BCUT2D eigenvalue weighted by atomic mass is 16.5. The molecule has 32 heavy (non-hydrogen) atoms. The number of nitrogens with one attached hydrogen (secondary N) is 1. The molecule has 168 valence electrons. The molecule has 0 aromatic heterocycles. The van der Waals surface area contributed by atoms with Crippen molar-refractivity contribution >= 4 is 23.7 Å². The van der Waals surface area contributed by atoms with E-state index in [-0.39, 0.29) is 18.3 Å². The Balaban J connectivity index is 2.20. The third kappa shape index (κ3) is 7.47. The summed E-state index contributed by atoms with van der Waals surface area (Å²) in [4.78, 5) is 37.3. The molecule has 0 saturated carbocycles. The van der Waals surface area contributed by atoms with Gasteiger partial charge in [0, 0.05) is 12.2 Å². The van der Waals surface area contributed by atoms with Crippen LogP contribution in [-0.2, 0) is 25.6 Å². The van der Waals surface area contributed by atoms with Crippen LogP contribution < -0.4 is 10.2 Å². The molecule has 0 fully saturated rings. The summed E-state index contributed by atoms with van der Waals surface area (Å²) in [5.41, 5.74) is 2.50. The molecule has 1 N–H and O–H groups in total. The number of esters is 1. The highest BCUT2D eigenvalue weighted by Gasteiger charge is 2.19. The number of alkyl carbamates (subject to hydrolysis) is 1. The van der Waals surface area contributed by atoms with Crippen LogP contribution in [0.15, 0.2) is 54.6 Å². The number of rotatable bonds is 10. The molecule has 2 aromatic carbocycles. The summed E-state index contributed by atoms with van der Waals surface area (Å²) in [6.07, 6.45) is 5.54. The number of methoxy groups -OCH3 is 1. The van der Waals surface area contributed by atoms with E-state index in [2.05, 4.69) is 16.0 Å². The van der Waals surface area contributed by atoms with Crippen molar-refractivity contribution in [2.45, 2.75) is 32.2 Å². The molecular weight excluding hydrogens is 408 g/mol. The summed E-state index contributed by atoms with van der Waals surface area (Å²) in [5, 5.41) is 2.63. The van der Waals surface area contributed by atoms with E-state index in [1.165, 1.54) is 12.0 Å². The van der Waals surface area contributed by atoms with E-state index in [1.807, 2.05) is 42.5 Å². The lowest BCUT2D eigenvalue weighted by Gasteiger charge is -2.22. The van der Waals surface area contributed by atoms with Crippen LogP contribution in [0.2, 0.25) is 0 Å². The minimum atomic E-state index is -0.528. The molecule has 0 spiro atoms. The van der Waals surface area contributed by atoms with Crippen molar-refractivity contribution in [1.82, 2.24) is 5.32 Å². The topological polar surface area (TPSA) is 84.9 Å². The summed E-state index contributed by atoms with van der Waals surface area (Å²) in [6, 6.07) is 16.9. The van der Waals surface area contributed by atoms with E-state index in [0.717, 1.165) is 11.1 Å². The zero-order valence-corrected chi connectivity index (χ0v) is 18.4. The van der Waals surface area contributed by atoms with Gasteiger partial charge in [-0.3, -0.25) is 14.5 Å². The number of hydrogen-bond donors (Lipinski definition) is 1. The molecule has 0 bridgehead atoms. The standard InChI is InChI=1S/C25H28N2O5/c1-4-23(28)27(18-19-9-7-6-8-10-19)22-13-11-20(12-14-22)21(17-24(29)32-5-2)15-16-26-25(30)31-3/h1,6-14,21H,5,15-18H2,2-3H3,(H,26,30). The van der Waals surface area contributed by atoms with Gasteiger partial charge >= 0.3 is 18.0 Å². The Labute approximate surface area is 188 Å². The van der Waals surface area contributed by atoms with E-state index < -0.39 is 12.0 Å². The summed E-state index contributed by atoms with van der Waals surface area (Å²) >= 11 is 0. The van der Waals surface area contributed by atoms with Crippen LogP contribution in [0.1, 0.15) is 36.8 Å². The SMILES string of the molecule is C#CC(=O)N(Cc1ccccc1)c1ccc(C(CCNC(=O)OC)CC(=O)OCC)cc1. The summed E-state index contributed by atoms with van der Waals surface area (Å²) in [7, 11) is 1.29. The zero-order chi connectivity index (χ0) is 23.3. The average molecular weight is 437 g/mol. The number of hydrogen-bond acceptors (Lipinski definition) is 5. The first-order valence-corrected chi connectivity index (χ1v) is 10.4. The molecule has 7 nitrogen and oxygen atoms in total. The van der Waals surface area contributed by atoms with Gasteiger partial charge in [0.25, 0.3) is 0 Å². The number of anilines is 1. The van der Waals surface area contributed by atoms with Gasteiger partial charge < -0.3 is 14.8 Å². The third-order valence-electron chi connectivity index (χ3n) is 4.89. The maximum atomic E-state index is 12.4. The second-order valence-corrected chi connectivity index (χ2v) is 7.03. The van der Waals surface area contributed by atoms with Crippen LogP contribution in [0.4, 0.5) is 10.5 Å². The first-order valence-electron chi connectivity index (χ1n) is 10.4. The Bertz CT molecular complexity index is 935. The number of ether oxygens (including phenoxy) is 2. The molecule has 0 aliphatic carbocycles. The number of amides is 2. The minimum Gasteiger partial charge on any atom is -0.466 e. The zero-order valence-electron chi connectivity index (χ0n) is 18.4. The Morgan fingerprint density at radius 2 is 1.78 bits per heavy atom. The molecule has 2 aromatic rings. The largest absolute Gasteiger partial charge is 0.466 e. The number of terminal acetylenes is 1. The molecule has 0 aliphatic rings. The highest BCUT2D eigenvalue weighted by molar-refractivity contribution is 6.05. The van der Waals surface area contributed by atoms with Crippen LogP contribution in [-0.4, -0.2) is 38.2 Å². The van der Waals surface area contributed by atoms with Crippen molar-refractivity contribution in [3.63, 3.8) is 0 Å². The second-order valence-electron chi connectivity index (χ2n) is 7.03. The smallest absolute Gasteiger partial charge is 0.406 e. The fraction of sp³-hybridized carbons (Fsp3) is 0.320. The van der Waals surface area contributed by atoms with Crippen LogP contribution >= 0.6 is 0 Å². The van der Waals surface area contributed by atoms with Gasteiger partial charge in [-0.25, -0.2) is 4.79 Å². The van der Waals surface area contributed by atoms with E-state index in [1.54, 1.807) is 19.1 Å². The van der Waals surface area contributed by atoms with Gasteiger partial charge in [0.05, 0.1) is 26.7 Å². The molecule has 0 radical (unpaired) electrons. The van der Waals surface area contributed by atoms with Crippen molar-refractivity contribution < 1.29 is 23.9 Å². The van der Waals surface area contributed by atoms with Gasteiger partial charge in [0.2, 0.25) is 0 Å². The van der Waals surface area contributed by atoms with Crippen molar-refractivity contribution in [3.8, 4) is 12.3 Å². The van der Waals surface area contributed by atoms with Crippen molar-refractivity contribution in [1.29, 1.82) is 0 Å².